The number of thioether (sulfide) groups is 1. The highest BCUT2D eigenvalue weighted by Gasteiger charge is 2.20. The molecule has 0 saturated heterocycles. The fraction of sp³-hybridized carbons (Fsp3) is 0.211. The van der Waals surface area contributed by atoms with Gasteiger partial charge in [-0.3, -0.25) is 4.99 Å². The number of benzene rings is 2. The summed E-state index contributed by atoms with van der Waals surface area (Å²) in [5.74, 6) is 1.01. The van der Waals surface area contributed by atoms with Gasteiger partial charge in [0.25, 0.3) is 0 Å². The third kappa shape index (κ3) is 4.15. The van der Waals surface area contributed by atoms with Crippen molar-refractivity contribution in [3.05, 3.63) is 76.3 Å². The second-order valence-electron chi connectivity index (χ2n) is 5.55. The van der Waals surface area contributed by atoms with Crippen LogP contribution in [0.5, 0.6) is 0 Å². The highest BCUT2D eigenvalue weighted by molar-refractivity contribution is 8.14. The lowest BCUT2D eigenvalue weighted by molar-refractivity contribution is 0.671. The summed E-state index contributed by atoms with van der Waals surface area (Å²) >= 11 is 14.4. The largest absolute Gasteiger partial charge is 0.358 e. The molecule has 124 valence electrons. The summed E-state index contributed by atoms with van der Waals surface area (Å²) in [4.78, 5) is 4.50. The molecule has 2 nitrogen and oxygen atoms in total. The van der Waals surface area contributed by atoms with E-state index in [1.807, 2.05) is 30.3 Å². The van der Waals surface area contributed by atoms with Crippen LogP contribution in [-0.2, 0) is 0 Å². The van der Waals surface area contributed by atoms with Gasteiger partial charge in [-0.25, -0.2) is 0 Å². The fourth-order valence-electron chi connectivity index (χ4n) is 2.64. The quantitative estimate of drug-likeness (QED) is 0.709. The third-order valence-electron chi connectivity index (χ3n) is 3.87. The molecule has 1 heterocycles. The highest BCUT2D eigenvalue weighted by atomic mass is 35.5. The van der Waals surface area contributed by atoms with Gasteiger partial charge in [0.2, 0.25) is 0 Å². The maximum atomic E-state index is 6.45. The molecule has 0 spiro atoms. The molecular formula is C19H18Cl2N2S. The van der Waals surface area contributed by atoms with Gasteiger partial charge in [0.1, 0.15) is 0 Å². The monoisotopic (exact) mass is 376 g/mol. The number of nitrogens with one attached hydrogen (secondary N) is 1. The molecule has 1 unspecified atom stereocenters. The van der Waals surface area contributed by atoms with Gasteiger partial charge in [-0.1, -0.05) is 84.0 Å². The zero-order valence-corrected chi connectivity index (χ0v) is 15.5. The van der Waals surface area contributed by atoms with Crippen molar-refractivity contribution in [1.29, 1.82) is 0 Å². The fourth-order valence-corrected chi connectivity index (χ4v) is 3.86. The number of hydrogen-bond acceptors (Lipinski definition) is 3. The van der Waals surface area contributed by atoms with Gasteiger partial charge in [-0.15, -0.1) is 0 Å². The average Bonchev–Trinajstić information content (AvgIpc) is 3.10. The Morgan fingerprint density at radius 1 is 1.17 bits per heavy atom. The summed E-state index contributed by atoms with van der Waals surface area (Å²) in [6, 6.07) is 15.9. The normalized spacial score (nSPS) is 15.0. The van der Waals surface area contributed by atoms with Crippen LogP contribution in [0.4, 0.5) is 0 Å². The SMILES string of the molecule is C=C(CC(NC1=NCCS1)c1cccc(Cl)c1Cl)c1ccccc1. The van der Waals surface area contributed by atoms with Crippen LogP contribution >= 0.6 is 35.0 Å². The minimum absolute atomic E-state index is 0.0201. The summed E-state index contributed by atoms with van der Waals surface area (Å²) in [6.45, 7) is 5.10. The number of rotatable bonds is 5. The van der Waals surface area contributed by atoms with E-state index in [0.717, 1.165) is 40.6 Å². The first-order valence-electron chi connectivity index (χ1n) is 7.76. The zero-order chi connectivity index (χ0) is 16.9. The van der Waals surface area contributed by atoms with E-state index < -0.39 is 0 Å². The molecule has 3 rings (SSSR count). The smallest absolute Gasteiger partial charge is 0.157 e. The highest BCUT2D eigenvalue weighted by Crippen LogP contribution is 2.35. The summed E-state index contributed by atoms with van der Waals surface area (Å²) in [5, 5.41) is 5.61. The van der Waals surface area contributed by atoms with Crippen LogP contribution in [0, 0.1) is 0 Å². The van der Waals surface area contributed by atoms with Gasteiger partial charge < -0.3 is 5.32 Å². The van der Waals surface area contributed by atoms with Crippen LogP contribution in [-0.4, -0.2) is 17.5 Å². The molecule has 0 saturated carbocycles. The second-order valence-corrected chi connectivity index (χ2v) is 7.42. The van der Waals surface area contributed by atoms with Crippen LogP contribution in [0.2, 0.25) is 10.0 Å². The van der Waals surface area contributed by atoms with Crippen molar-refractivity contribution < 1.29 is 0 Å². The Hall–Kier alpha value is -1.42. The molecule has 0 bridgehead atoms. The Kier molecular flexibility index (Phi) is 5.88. The summed E-state index contributed by atoms with van der Waals surface area (Å²) < 4.78 is 0. The average molecular weight is 377 g/mol. The van der Waals surface area contributed by atoms with E-state index in [1.165, 1.54) is 0 Å². The van der Waals surface area contributed by atoms with Crippen molar-refractivity contribution in [3.63, 3.8) is 0 Å². The Morgan fingerprint density at radius 2 is 1.96 bits per heavy atom. The molecule has 1 atom stereocenters. The van der Waals surface area contributed by atoms with E-state index >= 15 is 0 Å². The molecule has 1 N–H and O–H groups in total. The van der Waals surface area contributed by atoms with Crippen LogP contribution in [0.3, 0.4) is 0 Å². The summed E-state index contributed by atoms with van der Waals surface area (Å²) in [7, 11) is 0. The molecule has 24 heavy (non-hydrogen) atoms. The Balaban J connectivity index is 1.87. The van der Waals surface area contributed by atoms with Gasteiger partial charge in [0, 0.05) is 5.75 Å². The lowest BCUT2D eigenvalue weighted by Gasteiger charge is -2.22. The summed E-state index contributed by atoms with van der Waals surface area (Å²) in [5.41, 5.74) is 3.15. The lowest BCUT2D eigenvalue weighted by Crippen LogP contribution is -2.26. The molecule has 2 aromatic carbocycles. The van der Waals surface area contributed by atoms with Gasteiger partial charge >= 0.3 is 0 Å². The number of amidine groups is 1. The van der Waals surface area contributed by atoms with Crippen molar-refractivity contribution in [2.24, 2.45) is 4.99 Å². The van der Waals surface area contributed by atoms with Crippen molar-refractivity contribution in [1.82, 2.24) is 5.32 Å². The molecule has 0 fully saturated rings. The van der Waals surface area contributed by atoms with Crippen LogP contribution < -0.4 is 5.32 Å². The van der Waals surface area contributed by atoms with Gasteiger partial charge in [0.15, 0.2) is 5.17 Å². The number of hydrogen-bond donors (Lipinski definition) is 1. The van der Waals surface area contributed by atoms with Crippen molar-refractivity contribution >= 4 is 45.7 Å². The minimum atomic E-state index is -0.0201. The van der Waals surface area contributed by atoms with Gasteiger partial charge in [-0.05, 0) is 29.2 Å². The molecule has 5 heteroatoms. The first-order chi connectivity index (χ1) is 11.6. The maximum absolute atomic E-state index is 6.45. The van der Waals surface area contributed by atoms with Crippen molar-refractivity contribution in [2.75, 3.05) is 12.3 Å². The molecule has 1 aliphatic rings. The number of aliphatic imine (C=N–C) groups is 1. The maximum Gasteiger partial charge on any atom is 0.157 e. The number of halogens is 2. The molecule has 0 radical (unpaired) electrons. The first-order valence-corrected chi connectivity index (χ1v) is 9.50. The van der Waals surface area contributed by atoms with E-state index in [2.05, 4.69) is 29.0 Å². The van der Waals surface area contributed by atoms with Crippen LogP contribution in [0.15, 0.2) is 60.1 Å². The Morgan fingerprint density at radius 3 is 2.67 bits per heavy atom. The van der Waals surface area contributed by atoms with E-state index in [-0.39, 0.29) is 6.04 Å². The Bertz CT molecular complexity index is 759. The molecular weight excluding hydrogens is 359 g/mol. The topological polar surface area (TPSA) is 24.4 Å². The third-order valence-corrected chi connectivity index (χ3v) is 5.61. The summed E-state index contributed by atoms with van der Waals surface area (Å²) in [6.07, 6.45) is 0.726. The Labute approximate surface area is 157 Å². The molecule has 1 aliphatic heterocycles. The molecule has 0 amide bonds. The molecule has 0 aromatic heterocycles. The number of nitrogens with zero attached hydrogens (tertiary/aromatic N) is 1. The van der Waals surface area contributed by atoms with Crippen molar-refractivity contribution in [3.8, 4) is 0 Å². The first kappa shape index (κ1) is 17.4. The standard InChI is InChI=1S/C19H18Cl2N2S/c1-13(14-6-3-2-4-7-14)12-17(23-19-22-10-11-24-19)15-8-5-9-16(20)18(15)21/h2-9,17H,1,10-12H2,(H,22,23). The van der Waals surface area contributed by atoms with Crippen LogP contribution in [0.1, 0.15) is 23.6 Å². The lowest BCUT2D eigenvalue weighted by atomic mass is 9.95. The molecule has 2 aromatic rings. The van der Waals surface area contributed by atoms with Gasteiger partial charge in [0.05, 0.1) is 22.6 Å². The predicted octanol–water partition coefficient (Wildman–Crippen LogP) is 5.83. The van der Waals surface area contributed by atoms with E-state index in [1.54, 1.807) is 17.8 Å². The van der Waals surface area contributed by atoms with E-state index in [0.29, 0.717) is 10.0 Å². The predicted molar refractivity (Wildman–Crippen MR) is 107 cm³/mol. The molecule has 0 aliphatic carbocycles. The zero-order valence-electron chi connectivity index (χ0n) is 13.1. The van der Waals surface area contributed by atoms with Crippen LogP contribution in [0.25, 0.3) is 5.57 Å². The van der Waals surface area contributed by atoms with E-state index in [4.69, 9.17) is 23.2 Å². The second kappa shape index (κ2) is 8.11. The van der Waals surface area contributed by atoms with Crippen molar-refractivity contribution in [2.45, 2.75) is 12.5 Å². The minimum Gasteiger partial charge on any atom is -0.358 e. The van der Waals surface area contributed by atoms with Gasteiger partial charge in [-0.2, -0.15) is 0 Å². The van der Waals surface area contributed by atoms with E-state index in [9.17, 15) is 0 Å².